The highest BCUT2D eigenvalue weighted by molar-refractivity contribution is 5.86. The molecule has 0 unspecified atom stereocenters. The average molecular weight is 205 g/mol. The van der Waals surface area contributed by atoms with Crippen LogP contribution in [0.1, 0.15) is 25.0 Å². The van der Waals surface area contributed by atoms with E-state index >= 15 is 0 Å². The molecule has 1 fully saturated rings. The first-order valence-corrected chi connectivity index (χ1v) is 4.86. The summed E-state index contributed by atoms with van der Waals surface area (Å²) in [6.07, 6.45) is 3.72. The van der Waals surface area contributed by atoms with E-state index in [0.717, 1.165) is 6.42 Å². The second kappa shape index (κ2) is 3.73. The second-order valence-electron chi connectivity index (χ2n) is 3.72. The molecule has 1 saturated carbocycles. The Morgan fingerprint density at radius 3 is 3.00 bits per heavy atom. The maximum Gasteiger partial charge on any atom is 0.240 e. The summed E-state index contributed by atoms with van der Waals surface area (Å²) in [4.78, 5) is 11.7. The van der Waals surface area contributed by atoms with Gasteiger partial charge in [-0.25, -0.2) is 0 Å². The molecule has 1 amide bonds. The number of nitriles is 1. The Morgan fingerprint density at radius 2 is 2.53 bits per heavy atom. The van der Waals surface area contributed by atoms with Gasteiger partial charge in [-0.1, -0.05) is 5.16 Å². The fourth-order valence-electron chi connectivity index (χ4n) is 1.59. The Balaban J connectivity index is 1.90. The largest absolute Gasteiger partial charge is 0.364 e. The van der Waals surface area contributed by atoms with Crippen molar-refractivity contribution in [3.05, 3.63) is 18.0 Å². The van der Waals surface area contributed by atoms with Crippen molar-refractivity contribution in [1.29, 1.82) is 5.26 Å². The highest BCUT2D eigenvalue weighted by atomic mass is 16.5. The predicted octanol–water partition coefficient (Wildman–Crippen LogP) is 0.985. The minimum atomic E-state index is -0.788. The Labute approximate surface area is 87.0 Å². The Morgan fingerprint density at radius 1 is 1.73 bits per heavy atom. The molecule has 0 aromatic carbocycles. The van der Waals surface area contributed by atoms with Crippen LogP contribution in [0.25, 0.3) is 0 Å². The summed E-state index contributed by atoms with van der Waals surface area (Å²) in [6, 6.07) is 3.77. The van der Waals surface area contributed by atoms with E-state index in [1.54, 1.807) is 6.07 Å². The van der Waals surface area contributed by atoms with Crippen LogP contribution in [0.2, 0.25) is 0 Å². The zero-order valence-corrected chi connectivity index (χ0v) is 8.19. The van der Waals surface area contributed by atoms with Crippen LogP contribution in [-0.4, -0.2) is 11.1 Å². The Bertz CT molecular complexity index is 387. The van der Waals surface area contributed by atoms with Crippen molar-refractivity contribution in [2.75, 3.05) is 0 Å². The number of hydrogen-bond donors (Lipinski definition) is 1. The lowest BCUT2D eigenvalue weighted by molar-refractivity contribution is -0.131. The highest BCUT2D eigenvalue weighted by Crippen LogP contribution is 2.40. The van der Waals surface area contributed by atoms with Gasteiger partial charge in [0.25, 0.3) is 0 Å². The fraction of sp³-hybridized carbons (Fsp3) is 0.500. The number of aromatic nitrogens is 1. The second-order valence-corrected chi connectivity index (χ2v) is 3.72. The van der Waals surface area contributed by atoms with Crippen molar-refractivity contribution >= 4 is 5.91 Å². The van der Waals surface area contributed by atoms with Crippen LogP contribution in [0, 0.1) is 16.7 Å². The van der Waals surface area contributed by atoms with Gasteiger partial charge in [0.2, 0.25) is 5.91 Å². The number of amides is 1. The predicted molar refractivity (Wildman–Crippen MR) is 50.2 cm³/mol. The number of nitrogens with zero attached hydrogens (tertiary/aromatic N) is 2. The zero-order valence-electron chi connectivity index (χ0n) is 8.19. The molecule has 0 radical (unpaired) electrons. The van der Waals surface area contributed by atoms with E-state index < -0.39 is 5.41 Å². The molecule has 2 rings (SSSR count). The van der Waals surface area contributed by atoms with Gasteiger partial charge in [0.1, 0.15) is 17.4 Å². The van der Waals surface area contributed by atoms with E-state index in [0.29, 0.717) is 25.1 Å². The van der Waals surface area contributed by atoms with Crippen LogP contribution in [0.4, 0.5) is 0 Å². The van der Waals surface area contributed by atoms with Crippen molar-refractivity contribution < 1.29 is 9.32 Å². The number of rotatable bonds is 3. The normalized spacial score (nSPS) is 17.5. The molecule has 0 spiro atoms. The molecule has 1 heterocycles. The van der Waals surface area contributed by atoms with E-state index in [1.807, 2.05) is 0 Å². The van der Waals surface area contributed by atoms with Crippen molar-refractivity contribution in [3.8, 4) is 6.07 Å². The molecule has 78 valence electrons. The van der Waals surface area contributed by atoms with Gasteiger partial charge in [0.15, 0.2) is 0 Å². The Hall–Kier alpha value is -1.83. The lowest BCUT2D eigenvalue weighted by Crippen LogP contribution is -2.44. The quantitative estimate of drug-likeness (QED) is 0.797. The van der Waals surface area contributed by atoms with E-state index in [1.165, 1.54) is 6.26 Å². The monoisotopic (exact) mass is 205 g/mol. The molecule has 0 aliphatic heterocycles. The molecule has 1 aromatic heterocycles. The Kier molecular flexibility index (Phi) is 2.42. The van der Waals surface area contributed by atoms with Gasteiger partial charge in [-0.15, -0.1) is 0 Å². The minimum Gasteiger partial charge on any atom is -0.364 e. The smallest absolute Gasteiger partial charge is 0.240 e. The first-order chi connectivity index (χ1) is 7.27. The summed E-state index contributed by atoms with van der Waals surface area (Å²) in [7, 11) is 0. The van der Waals surface area contributed by atoms with Gasteiger partial charge in [0.05, 0.1) is 12.6 Å². The topological polar surface area (TPSA) is 78.9 Å². The standard InChI is InChI=1S/C10H11N3O2/c11-7-10(3-1-4-10)9(14)12-6-8-2-5-15-13-8/h2,5H,1,3-4,6H2,(H,12,14). The van der Waals surface area contributed by atoms with Crippen LogP contribution in [0.3, 0.4) is 0 Å². The van der Waals surface area contributed by atoms with Crippen LogP contribution < -0.4 is 5.32 Å². The summed E-state index contributed by atoms with van der Waals surface area (Å²) in [5.74, 6) is -0.195. The molecule has 5 heteroatoms. The molecular formula is C10H11N3O2. The van der Waals surface area contributed by atoms with Gasteiger partial charge in [0, 0.05) is 6.07 Å². The summed E-state index contributed by atoms with van der Waals surface area (Å²) in [6.45, 7) is 0.318. The third kappa shape index (κ3) is 1.71. The molecule has 0 atom stereocenters. The van der Waals surface area contributed by atoms with Gasteiger partial charge in [-0.05, 0) is 19.3 Å². The SMILES string of the molecule is N#CC1(C(=O)NCc2ccon2)CCC1. The van der Waals surface area contributed by atoms with E-state index in [-0.39, 0.29) is 5.91 Å². The van der Waals surface area contributed by atoms with Gasteiger partial charge >= 0.3 is 0 Å². The zero-order chi connectivity index (χ0) is 10.7. The first-order valence-electron chi connectivity index (χ1n) is 4.86. The minimum absolute atomic E-state index is 0.195. The van der Waals surface area contributed by atoms with Crippen molar-refractivity contribution in [2.45, 2.75) is 25.8 Å². The number of nitrogens with one attached hydrogen (secondary N) is 1. The molecule has 0 saturated heterocycles. The van der Waals surface area contributed by atoms with Gasteiger partial charge in [-0.2, -0.15) is 5.26 Å². The average Bonchev–Trinajstić information content (AvgIpc) is 2.66. The number of carbonyl (C=O) groups excluding carboxylic acids is 1. The van der Waals surface area contributed by atoms with E-state index in [4.69, 9.17) is 5.26 Å². The maximum atomic E-state index is 11.7. The molecule has 1 aliphatic carbocycles. The van der Waals surface area contributed by atoms with Crippen molar-refractivity contribution in [2.24, 2.45) is 5.41 Å². The molecule has 15 heavy (non-hydrogen) atoms. The third-order valence-corrected chi connectivity index (χ3v) is 2.78. The van der Waals surface area contributed by atoms with Crippen molar-refractivity contribution in [1.82, 2.24) is 10.5 Å². The highest BCUT2D eigenvalue weighted by Gasteiger charge is 2.44. The summed E-state index contributed by atoms with van der Waals surface area (Å²) < 4.78 is 4.63. The molecule has 5 nitrogen and oxygen atoms in total. The lowest BCUT2D eigenvalue weighted by Gasteiger charge is -2.33. The van der Waals surface area contributed by atoms with Crippen LogP contribution in [0.15, 0.2) is 16.9 Å². The van der Waals surface area contributed by atoms with Gasteiger partial charge in [-0.3, -0.25) is 4.79 Å². The number of hydrogen-bond acceptors (Lipinski definition) is 4. The summed E-state index contributed by atoms with van der Waals surface area (Å²) in [5.41, 5.74) is -0.125. The molecule has 0 bridgehead atoms. The van der Waals surface area contributed by atoms with Gasteiger partial charge < -0.3 is 9.84 Å². The van der Waals surface area contributed by atoms with Crippen molar-refractivity contribution in [3.63, 3.8) is 0 Å². The first kappa shape index (κ1) is 9.71. The molecule has 1 N–H and O–H groups in total. The van der Waals surface area contributed by atoms with Crippen LogP contribution >= 0.6 is 0 Å². The molecule has 1 aromatic rings. The third-order valence-electron chi connectivity index (χ3n) is 2.78. The molecule has 1 aliphatic rings. The maximum absolute atomic E-state index is 11.7. The van der Waals surface area contributed by atoms with E-state index in [9.17, 15) is 4.79 Å². The fourth-order valence-corrected chi connectivity index (χ4v) is 1.59. The lowest BCUT2D eigenvalue weighted by atomic mass is 9.69. The molecular weight excluding hydrogens is 194 g/mol. The van der Waals surface area contributed by atoms with Crippen LogP contribution in [0.5, 0.6) is 0 Å². The van der Waals surface area contributed by atoms with E-state index in [2.05, 4.69) is 21.1 Å². The number of carbonyl (C=O) groups is 1. The summed E-state index contributed by atoms with van der Waals surface area (Å²) >= 11 is 0. The summed E-state index contributed by atoms with van der Waals surface area (Å²) in [5, 5.41) is 15.3. The van der Waals surface area contributed by atoms with Crippen LogP contribution in [-0.2, 0) is 11.3 Å².